The number of nitrogens with zero attached hydrogens (tertiary/aromatic N) is 1. The first-order valence-corrected chi connectivity index (χ1v) is 10.8. The van der Waals surface area contributed by atoms with Crippen LogP contribution in [0.3, 0.4) is 0 Å². The van der Waals surface area contributed by atoms with Crippen LogP contribution in [-0.4, -0.2) is 0 Å². The van der Waals surface area contributed by atoms with Gasteiger partial charge in [0.05, 0.1) is 11.5 Å². The van der Waals surface area contributed by atoms with Gasteiger partial charge in [-0.1, -0.05) is 58.1 Å². The molecule has 2 fully saturated rings. The second-order valence-electron chi connectivity index (χ2n) is 8.57. The van der Waals surface area contributed by atoms with Crippen LogP contribution in [0.4, 0.5) is 0 Å². The summed E-state index contributed by atoms with van der Waals surface area (Å²) in [6.45, 7) is 4.49. The van der Waals surface area contributed by atoms with E-state index in [1.54, 1.807) is 0 Å². The Kier molecular flexibility index (Phi) is 8.37. The molecule has 0 aromatic rings. The molecule has 0 atom stereocenters. The van der Waals surface area contributed by atoms with Crippen molar-refractivity contribution in [3.8, 4) is 6.07 Å². The van der Waals surface area contributed by atoms with E-state index in [2.05, 4.69) is 32.1 Å². The Morgan fingerprint density at radius 1 is 0.958 bits per heavy atom. The maximum Gasteiger partial charge on any atom is 0.0689 e. The van der Waals surface area contributed by atoms with Crippen molar-refractivity contribution in [3.05, 3.63) is 12.2 Å². The van der Waals surface area contributed by atoms with Crippen LogP contribution in [0.2, 0.25) is 0 Å². The number of rotatable bonds is 8. The highest BCUT2D eigenvalue weighted by atomic mass is 14.4. The van der Waals surface area contributed by atoms with E-state index in [1.165, 1.54) is 57.8 Å². The van der Waals surface area contributed by atoms with Crippen molar-refractivity contribution in [2.24, 2.45) is 23.2 Å². The Hall–Kier alpha value is -0.770. The van der Waals surface area contributed by atoms with E-state index in [9.17, 15) is 5.26 Å². The summed E-state index contributed by atoms with van der Waals surface area (Å²) in [7, 11) is 0. The Labute approximate surface area is 150 Å². The monoisotopic (exact) mass is 329 g/mol. The predicted octanol–water partition coefficient (Wildman–Crippen LogP) is 7.43. The summed E-state index contributed by atoms with van der Waals surface area (Å²) in [6, 6.07) is 2.71. The van der Waals surface area contributed by atoms with Crippen molar-refractivity contribution < 1.29 is 0 Å². The number of nitriles is 1. The van der Waals surface area contributed by atoms with Crippen molar-refractivity contribution in [2.45, 2.75) is 104 Å². The van der Waals surface area contributed by atoms with Crippen LogP contribution in [0.5, 0.6) is 0 Å². The fourth-order valence-corrected chi connectivity index (χ4v) is 5.17. The van der Waals surface area contributed by atoms with Gasteiger partial charge >= 0.3 is 0 Å². The molecule has 0 amide bonds. The van der Waals surface area contributed by atoms with Crippen LogP contribution in [0.25, 0.3) is 0 Å². The summed E-state index contributed by atoms with van der Waals surface area (Å²) >= 11 is 0. The summed E-state index contributed by atoms with van der Waals surface area (Å²) in [5.41, 5.74) is -0.00703. The topological polar surface area (TPSA) is 23.8 Å². The molecule has 1 heteroatoms. The van der Waals surface area contributed by atoms with Gasteiger partial charge in [0.15, 0.2) is 0 Å². The fraction of sp³-hybridized carbons (Fsp3) is 0.870. The number of unbranched alkanes of at least 4 members (excludes halogenated alkanes) is 1. The Bertz CT molecular complexity index is 400. The maximum atomic E-state index is 9.74. The molecule has 0 aliphatic heterocycles. The van der Waals surface area contributed by atoms with Crippen LogP contribution < -0.4 is 0 Å². The smallest absolute Gasteiger partial charge is 0.0689 e. The fourth-order valence-electron chi connectivity index (χ4n) is 5.17. The van der Waals surface area contributed by atoms with Crippen LogP contribution in [0.1, 0.15) is 104 Å². The summed E-state index contributed by atoms with van der Waals surface area (Å²) in [6.07, 6.45) is 22.9. The molecular weight excluding hydrogens is 290 g/mol. The Balaban J connectivity index is 1.74. The van der Waals surface area contributed by atoms with Crippen molar-refractivity contribution in [1.82, 2.24) is 0 Å². The molecule has 0 saturated heterocycles. The van der Waals surface area contributed by atoms with Crippen molar-refractivity contribution in [3.63, 3.8) is 0 Å². The third kappa shape index (κ3) is 5.65. The molecule has 2 rings (SSSR count). The second kappa shape index (κ2) is 10.3. The molecule has 2 saturated carbocycles. The lowest BCUT2D eigenvalue weighted by Gasteiger charge is -2.40. The van der Waals surface area contributed by atoms with E-state index >= 15 is 0 Å². The summed E-state index contributed by atoms with van der Waals surface area (Å²) in [5, 5.41) is 9.74. The number of allylic oxidation sites excluding steroid dienone is 2. The third-order valence-electron chi connectivity index (χ3n) is 6.94. The number of hydrogen-bond acceptors (Lipinski definition) is 1. The summed E-state index contributed by atoms with van der Waals surface area (Å²) in [4.78, 5) is 0. The van der Waals surface area contributed by atoms with Crippen molar-refractivity contribution >= 4 is 0 Å². The maximum absolute atomic E-state index is 9.74. The zero-order valence-electron chi connectivity index (χ0n) is 16.2. The first-order valence-electron chi connectivity index (χ1n) is 10.8. The summed E-state index contributed by atoms with van der Waals surface area (Å²) in [5.74, 6) is 2.91. The molecule has 0 aromatic heterocycles. The molecule has 24 heavy (non-hydrogen) atoms. The molecule has 2 aliphatic rings. The van der Waals surface area contributed by atoms with E-state index in [-0.39, 0.29) is 5.41 Å². The van der Waals surface area contributed by atoms with E-state index in [0.717, 1.165) is 49.9 Å². The van der Waals surface area contributed by atoms with E-state index in [4.69, 9.17) is 0 Å². The van der Waals surface area contributed by atoms with Gasteiger partial charge in [-0.25, -0.2) is 0 Å². The molecule has 0 spiro atoms. The van der Waals surface area contributed by atoms with Gasteiger partial charge in [0.1, 0.15) is 0 Å². The van der Waals surface area contributed by atoms with E-state index < -0.39 is 0 Å². The second-order valence-corrected chi connectivity index (χ2v) is 8.57. The predicted molar refractivity (Wildman–Crippen MR) is 104 cm³/mol. The molecule has 136 valence electrons. The standard InChI is InChI=1S/C23H39N/c1-3-5-7-8-16-23(19-24)17-14-22(15-18-23)21-12-10-20(11-13-21)9-6-4-2/h5,7,20-22H,3-4,6,8-18H2,1-2H3/b7-5+/t20?,21?,22-,23+. The molecule has 0 bridgehead atoms. The first-order chi connectivity index (χ1) is 11.7. The van der Waals surface area contributed by atoms with Crippen molar-refractivity contribution in [1.29, 1.82) is 5.26 Å². The SMILES string of the molecule is CC/C=C/CC[C@]1(C#N)CC[C@@H](C2CCC(CCCC)CC2)CC1. The molecule has 0 aromatic carbocycles. The molecule has 0 unspecified atom stereocenters. The first kappa shape index (κ1) is 19.6. The quantitative estimate of drug-likeness (QED) is 0.425. The molecule has 0 heterocycles. The molecule has 1 nitrogen and oxygen atoms in total. The molecule has 0 N–H and O–H groups in total. The van der Waals surface area contributed by atoms with Gasteiger partial charge in [-0.05, 0) is 75.5 Å². The van der Waals surface area contributed by atoms with Gasteiger partial charge in [-0.2, -0.15) is 5.26 Å². The van der Waals surface area contributed by atoms with Crippen LogP contribution in [-0.2, 0) is 0 Å². The average molecular weight is 330 g/mol. The number of hydrogen-bond donors (Lipinski definition) is 0. The zero-order chi connectivity index (χ0) is 17.3. The highest BCUT2D eigenvalue weighted by Gasteiger charge is 2.38. The van der Waals surface area contributed by atoms with Gasteiger partial charge in [0.2, 0.25) is 0 Å². The van der Waals surface area contributed by atoms with Gasteiger partial charge in [0, 0.05) is 0 Å². The molecular formula is C23H39N. The highest BCUT2D eigenvalue weighted by molar-refractivity contribution is 5.03. The third-order valence-corrected chi connectivity index (χ3v) is 6.94. The molecule has 2 aliphatic carbocycles. The van der Waals surface area contributed by atoms with Crippen molar-refractivity contribution in [2.75, 3.05) is 0 Å². The van der Waals surface area contributed by atoms with Gasteiger partial charge in [-0.15, -0.1) is 0 Å². The lowest BCUT2D eigenvalue weighted by Crippen LogP contribution is -2.31. The highest BCUT2D eigenvalue weighted by Crippen LogP contribution is 2.47. The lowest BCUT2D eigenvalue weighted by molar-refractivity contribution is 0.116. The minimum absolute atomic E-state index is 0.00703. The van der Waals surface area contributed by atoms with Gasteiger partial charge in [-0.3, -0.25) is 0 Å². The minimum Gasteiger partial charge on any atom is -0.198 e. The minimum atomic E-state index is -0.00703. The normalized spacial score (nSPS) is 34.3. The van der Waals surface area contributed by atoms with Crippen LogP contribution in [0, 0.1) is 34.5 Å². The van der Waals surface area contributed by atoms with Gasteiger partial charge in [0.25, 0.3) is 0 Å². The van der Waals surface area contributed by atoms with E-state index in [1.807, 2.05) is 0 Å². The van der Waals surface area contributed by atoms with Crippen LogP contribution >= 0.6 is 0 Å². The Morgan fingerprint density at radius 3 is 2.21 bits per heavy atom. The van der Waals surface area contributed by atoms with Crippen LogP contribution in [0.15, 0.2) is 12.2 Å². The lowest BCUT2D eigenvalue weighted by atomic mass is 9.63. The largest absolute Gasteiger partial charge is 0.198 e. The Morgan fingerprint density at radius 2 is 1.62 bits per heavy atom. The molecule has 0 radical (unpaired) electrons. The zero-order valence-corrected chi connectivity index (χ0v) is 16.2. The summed E-state index contributed by atoms with van der Waals surface area (Å²) < 4.78 is 0. The van der Waals surface area contributed by atoms with Gasteiger partial charge < -0.3 is 0 Å². The van der Waals surface area contributed by atoms with E-state index in [0.29, 0.717) is 0 Å². The average Bonchev–Trinajstić information content (AvgIpc) is 2.64.